The van der Waals surface area contributed by atoms with Crippen molar-refractivity contribution in [3.05, 3.63) is 24.3 Å². The predicted octanol–water partition coefficient (Wildman–Crippen LogP) is 0.901. The van der Waals surface area contributed by atoms with E-state index in [9.17, 15) is 0 Å². The van der Waals surface area contributed by atoms with E-state index in [1.165, 1.54) is 18.8 Å². The molecule has 0 saturated carbocycles. The molecule has 0 aliphatic carbocycles. The Labute approximate surface area is 107 Å². The van der Waals surface area contributed by atoms with Gasteiger partial charge >= 0.3 is 107 Å². The van der Waals surface area contributed by atoms with E-state index in [-0.39, 0.29) is 0 Å². The van der Waals surface area contributed by atoms with E-state index in [4.69, 9.17) is 4.74 Å². The normalized spacial score (nSPS) is 17.7. The molecular weight excluding hydrogens is 381 g/mol. The van der Waals surface area contributed by atoms with Gasteiger partial charge in [0, 0.05) is 0 Å². The number of piperazine rings is 1. The van der Waals surface area contributed by atoms with E-state index in [1.54, 1.807) is 7.11 Å². The fraction of sp³-hybridized carbons (Fsp3) is 0.455. The van der Waals surface area contributed by atoms with Crippen molar-refractivity contribution in [1.82, 2.24) is 2.71 Å². The molecule has 0 radical (unpaired) electrons. The maximum atomic E-state index is 5.24. The summed E-state index contributed by atoms with van der Waals surface area (Å²) in [5, 5.41) is 0. The van der Waals surface area contributed by atoms with Crippen molar-refractivity contribution in [2.75, 3.05) is 38.2 Å². The van der Waals surface area contributed by atoms with E-state index in [2.05, 4.69) is 25.8 Å². The molecule has 15 heavy (non-hydrogen) atoms. The number of ether oxygens (including phenoxy) is 1. The van der Waals surface area contributed by atoms with Crippen molar-refractivity contribution in [3.63, 3.8) is 0 Å². The van der Waals surface area contributed by atoms with Gasteiger partial charge in [-0.05, 0) is 0 Å². The van der Waals surface area contributed by atoms with Crippen LogP contribution in [-0.2, 0) is 0 Å². The van der Waals surface area contributed by atoms with Gasteiger partial charge in [-0.15, -0.1) is 0 Å². The standard InChI is InChI=1S/C11H15N2O.Tl/c1-14-11-4-2-3-10(9-11)13-7-5-12-6-8-13;/h2-4,9H,5-8H2,1H3;/q-1;+1. The molecule has 0 atom stereocenters. The van der Waals surface area contributed by atoms with Crippen molar-refractivity contribution >= 4 is 31.8 Å². The van der Waals surface area contributed by atoms with Crippen molar-refractivity contribution in [2.24, 2.45) is 0 Å². The number of nitrogens with zero attached hydrogens (tertiary/aromatic N) is 2. The summed E-state index contributed by atoms with van der Waals surface area (Å²) in [5.74, 6) is 0.947. The molecule has 1 fully saturated rings. The summed E-state index contributed by atoms with van der Waals surface area (Å²) in [6.45, 7) is 4.71. The Kier molecular flexibility index (Phi) is 3.85. The van der Waals surface area contributed by atoms with Crippen LogP contribution in [0.3, 0.4) is 0 Å². The van der Waals surface area contributed by atoms with Crippen molar-refractivity contribution in [3.8, 4) is 5.75 Å². The molecule has 0 bridgehead atoms. The molecule has 2 rings (SSSR count). The molecule has 3 nitrogen and oxygen atoms in total. The molecule has 1 aromatic carbocycles. The fourth-order valence-corrected chi connectivity index (χ4v) is 2.69. The zero-order valence-electron chi connectivity index (χ0n) is 9.02. The second kappa shape index (κ2) is 5.16. The van der Waals surface area contributed by atoms with Crippen molar-refractivity contribution < 1.29 is 4.74 Å². The van der Waals surface area contributed by atoms with Crippen LogP contribution in [-0.4, -0.2) is 62.1 Å². The van der Waals surface area contributed by atoms with Crippen LogP contribution in [0, 0.1) is 0 Å². The molecule has 1 aromatic rings. The van der Waals surface area contributed by atoms with Crippen LogP contribution in [0.5, 0.6) is 5.75 Å². The molecule has 0 spiro atoms. The van der Waals surface area contributed by atoms with Crippen LogP contribution >= 0.6 is 0 Å². The molecule has 0 N–H and O–H groups in total. The van der Waals surface area contributed by atoms with Gasteiger partial charge in [-0.1, -0.05) is 0 Å². The summed E-state index contributed by atoms with van der Waals surface area (Å²) >= 11 is 0.988. The summed E-state index contributed by atoms with van der Waals surface area (Å²) in [7, 11) is 1.72. The second-order valence-electron chi connectivity index (χ2n) is 3.72. The van der Waals surface area contributed by atoms with Gasteiger partial charge in [0.15, 0.2) is 0 Å². The molecule has 1 aliphatic rings. The number of benzene rings is 1. The quantitative estimate of drug-likeness (QED) is 0.692. The first kappa shape index (κ1) is 11.2. The first-order valence-electron chi connectivity index (χ1n) is 5.18. The topological polar surface area (TPSA) is 15.7 Å². The van der Waals surface area contributed by atoms with Crippen molar-refractivity contribution in [2.45, 2.75) is 0 Å². The monoisotopic (exact) mass is 396 g/mol. The molecule has 0 aromatic heterocycles. The van der Waals surface area contributed by atoms with Crippen LogP contribution in [0.2, 0.25) is 0 Å². The van der Waals surface area contributed by atoms with Gasteiger partial charge in [-0.3, -0.25) is 0 Å². The molecule has 0 amide bonds. The van der Waals surface area contributed by atoms with Gasteiger partial charge < -0.3 is 0 Å². The Bertz CT molecular complexity index is 324. The Hall–Kier alpha value is -0.298. The number of hydrogen-bond donors (Lipinski definition) is 0. The summed E-state index contributed by atoms with van der Waals surface area (Å²) in [6, 6.07) is 8.33. The first-order chi connectivity index (χ1) is 7.29. The predicted molar refractivity (Wildman–Crippen MR) is 62.5 cm³/mol. The Morgan fingerprint density at radius 2 is 1.93 bits per heavy atom. The number of methoxy groups -OCH3 is 1. The molecule has 0 unspecified atom stereocenters. The van der Waals surface area contributed by atoms with E-state index in [0.29, 0.717) is 0 Å². The molecule has 1 aliphatic heterocycles. The van der Waals surface area contributed by atoms with E-state index in [0.717, 1.165) is 44.9 Å². The number of hydrogen-bond acceptors (Lipinski definition) is 3. The average molecular weight is 396 g/mol. The van der Waals surface area contributed by atoms with Crippen LogP contribution in [0.15, 0.2) is 24.3 Å². The number of rotatable bonds is 2. The Morgan fingerprint density at radius 1 is 1.20 bits per heavy atom. The third-order valence-corrected chi connectivity index (χ3v) is 4.74. The summed E-state index contributed by atoms with van der Waals surface area (Å²) < 4.78 is 7.76. The van der Waals surface area contributed by atoms with Crippen LogP contribution in [0.4, 0.5) is 5.69 Å². The SMILES string of the molecule is COc1cccc(N2CC[N]([Tl])CC2)c1. The summed E-state index contributed by atoms with van der Waals surface area (Å²) in [5.41, 5.74) is 1.28. The first-order valence-corrected chi connectivity index (χ1v) is 7.19. The van der Waals surface area contributed by atoms with Gasteiger partial charge in [0.2, 0.25) is 0 Å². The Morgan fingerprint density at radius 3 is 2.60 bits per heavy atom. The van der Waals surface area contributed by atoms with Crippen molar-refractivity contribution in [1.29, 1.82) is 0 Å². The average Bonchev–Trinajstić information content (AvgIpc) is 2.30. The number of anilines is 1. The van der Waals surface area contributed by atoms with Crippen LogP contribution < -0.4 is 9.64 Å². The zero-order chi connectivity index (χ0) is 10.7. The van der Waals surface area contributed by atoms with Gasteiger partial charge in [0.05, 0.1) is 0 Å². The summed E-state index contributed by atoms with van der Waals surface area (Å²) in [6.07, 6.45) is 0. The molecule has 1 saturated heterocycles. The molecular formula is C11H15N2OTl. The van der Waals surface area contributed by atoms with Crippen LogP contribution in [0.25, 0.3) is 0 Å². The van der Waals surface area contributed by atoms with E-state index < -0.39 is 0 Å². The van der Waals surface area contributed by atoms with Gasteiger partial charge in [0.25, 0.3) is 0 Å². The van der Waals surface area contributed by atoms with E-state index >= 15 is 0 Å². The maximum absolute atomic E-state index is 5.24. The fourth-order valence-electron chi connectivity index (χ4n) is 1.79. The molecule has 4 heteroatoms. The minimum atomic E-state index is 0.947. The summed E-state index contributed by atoms with van der Waals surface area (Å²) in [4.78, 5) is 2.43. The second-order valence-corrected chi connectivity index (χ2v) is 6.56. The third-order valence-electron chi connectivity index (χ3n) is 2.73. The molecule has 78 valence electrons. The Balaban J connectivity index is 2.08. The zero-order valence-corrected chi connectivity index (χ0v) is 13.5. The van der Waals surface area contributed by atoms with Crippen LogP contribution in [0.1, 0.15) is 0 Å². The van der Waals surface area contributed by atoms with E-state index in [1.807, 2.05) is 6.07 Å². The third kappa shape index (κ3) is 2.84. The van der Waals surface area contributed by atoms with Gasteiger partial charge in [0.1, 0.15) is 0 Å². The minimum absolute atomic E-state index is 0.947. The van der Waals surface area contributed by atoms with Gasteiger partial charge in [-0.25, -0.2) is 0 Å². The van der Waals surface area contributed by atoms with Gasteiger partial charge in [-0.2, -0.15) is 0 Å². The molecule has 1 heterocycles.